The summed E-state index contributed by atoms with van der Waals surface area (Å²) in [5.74, 6) is 1.61. The van der Waals surface area contributed by atoms with Crippen LogP contribution in [-0.4, -0.2) is 43.6 Å². The van der Waals surface area contributed by atoms with Gasteiger partial charge in [-0.25, -0.2) is 0 Å². The van der Waals surface area contributed by atoms with Gasteiger partial charge < -0.3 is 15.0 Å². The van der Waals surface area contributed by atoms with Crippen LogP contribution in [0.25, 0.3) is 0 Å². The third kappa shape index (κ3) is 4.73. The van der Waals surface area contributed by atoms with Crippen LogP contribution in [0.15, 0.2) is 24.3 Å². The zero-order valence-corrected chi connectivity index (χ0v) is 14.0. The molecule has 1 aromatic carbocycles. The fourth-order valence-electron chi connectivity index (χ4n) is 2.99. The van der Waals surface area contributed by atoms with Crippen LogP contribution in [0.5, 0.6) is 5.75 Å². The molecule has 122 valence electrons. The molecule has 0 radical (unpaired) electrons. The van der Waals surface area contributed by atoms with Crippen molar-refractivity contribution in [2.24, 2.45) is 5.92 Å². The number of carbonyl (C=O) groups excluding carboxylic acids is 1. The molecule has 4 heteroatoms. The van der Waals surface area contributed by atoms with E-state index in [1.54, 1.807) is 0 Å². The Morgan fingerprint density at radius 1 is 1.41 bits per heavy atom. The number of hydrogen-bond acceptors (Lipinski definition) is 3. The molecule has 0 aromatic heterocycles. The summed E-state index contributed by atoms with van der Waals surface area (Å²) >= 11 is 0. The van der Waals surface area contributed by atoms with Crippen LogP contribution in [0.2, 0.25) is 0 Å². The molecule has 1 aliphatic rings. The van der Waals surface area contributed by atoms with Crippen molar-refractivity contribution in [1.29, 1.82) is 0 Å². The third-order valence-corrected chi connectivity index (χ3v) is 4.38. The summed E-state index contributed by atoms with van der Waals surface area (Å²) < 4.78 is 5.80. The molecule has 22 heavy (non-hydrogen) atoms. The second-order valence-electron chi connectivity index (χ2n) is 6.24. The van der Waals surface area contributed by atoms with E-state index in [-0.39, 0.29) is 5.91 Å². The zero-order valence-electron chi connectivity index (χ0n) is 14.0. The number of nitrogens with one attached hydrogen (secondary N) is 1. The van der Waals surface area contributed by atoms with Crippen LogP contribution >= 0.6 is 0 Å². The molecule has 1 aromatic rings. The Bertz CT molecular complexity index is 482. The highest BCUT2D eigenvalue weighted by molar-refractivity contribution is 5.81. The minimum atomic E-state index is -0.421. The van der Waals surface area contributed by atoms with Crippen molar-refractivity contribution >= 4 is 5.91 Å². The summed E-state index contributed by atoms with van der Waals surface area (Å²) in [6.07, 6.45) is 2.99. The Labute approximate surface area is 133 Å². The number of benzene rings is 1. The lowest BCUT2D eigenvalue weighted by Crippen LogP contribution is -2.45. The molecular weight excluding hydrogens is 276 g/mol. The molecule has 1 atom stereocenters. The number of rotatable bonds is 6. The summed E-state index contributed by atoms with van der Waals surface area (Å²) in [7, 11) is 1.99. The lowest BCUT2D eigenvalue weighted by Gasteiger charge is -2.33. The van der Waals surface area contributed by atoms with Crippen molar-refractivity contribution in [2.75, 3.05) is 26.7 Å². The van der Waals surface area contributed by atoms with Crippen molar-refractivity contribution in [3.05, 3.63) is 29.8 Å². The van der Waals surface area contributed by atoms with Gasteiger partial charge in [0.1, 0.15) is 5.75 Å². The predicted octanol–water partition coefficient (Wildman–Crippen LogP) is 2.61. The van der Waals surface area contributed by atoms with Crippen molar-refractivity contribution < 1.29 is 9.53 Å². The number of aryl methyl sites for hydroxylation is 1. The molecule has 1 amide bonds. The van der Waals surface area contributed by atoms with Gasteiger partial charge in [-0.05, 0) is 70.3 Å². The highest BCUT2D eigenvalue weighted by Gasteiger charge is 2.26. The lowest BCUT2D eigenvalue weighted by molar-refractivity contribution is -0.139. The topological polar surface area (TPSA) is 41.6 Å². The molecular formula is C18H28N2O2. The first-order valence-electron chi connectivity index (χ1n) is 8.27. The molecule has 1 heterocycles. The van der Waals surface area contributed by atoms with Gasteiger partial charge in [0.05, 0.1) is 0 Å². The smallest absolute Gasteiger partial charge is 0.263 e. The van der Waals surface area contributed by atoms with Gasteiger partial charge in [0, 0.05) is 13.1 Å². The van der Waals surface area contributed by atoms with E-state index in [1.807, 2.05) is 50.1 Å². The largest absolute Gasteiger partial charge is 0.481 e. The van der Waals surface area contributed by atoms with Crippen LogP contribution in [0.4, 0.5) is 0 Å². The summed E-state index contributed by atoms with van der Waals surface area (Å²) in [5.41, 5.74) is 1.14. The molecule has 0 spiro atoms. The van der Waals surface area contributed by atoms with Crippen LogP contribution in [0, 0.1) is 12.8 Å². The maximum absolute atomic E-state index is 12.5. The van der Waals surface area contributed by atoms with Crippen molar-refractivity contribution in [2.45, 2.75) is 39.2 Å². The Morgan fingerprint density at radius 2 is 2.14 bits per heavy atom. The number of nitrogens with zero attached hydrogens (tertiary/aromatic N) is 1. The molecule has 0 saturated carbocycles. The standard InChI is InChI=1S/C18H28N2O2/c1-14-5-4-6-17(13-14)22-15(2)18(21)20-11-8-16(9-12-20)7-10-19-3/h4-6,13,15-16,19H,7-12H2,1-3H3. The Kier molecular flexibility index (Phi) is 6.25. The van der Waals surface area contributed by atoms with E-state index in [1.165, 1.54) is 6.42 Å². The van der Waals surface area contributed by atoms with E-state index in [0.29, 0.717) is 0 Å². The van der Waals surface area contributed by atoms with E-state index in [0.717, 1.165) is 49.7 Å². The molecule has 1 unspecified atom stereocenters. The SMILES string of the molecule is CNCCC1CCN(C(=O)C(C)Oc2cccc(C)c2)CC1. The molecule has 4 nitrogen and oxygen atoms in total. The highest BCUT2D eigenvalue weighted by Crippen LogP contribution is 2.21. The average Bonchev–Trinajstić information content (AvgIpc) is 2.52. The fourth-order valence-corrected chi connectivity index (χ4v) is 2.99. The molecule has 1 fully saturated rings. The predicted molar refractivity (Wildman–Crippen MR) is 89.1 cm³/mol. The minimum absolute atomic E-state index is 0.105. The average molecular weight is 304 g/mol. The number of carbonyl (C=O) groups is 1. The van der Waals surface area contributed by atoms with Crippen molar-refractivity contribution in [1.82, 2.24) is 10.2 Å². The van der Waals surface area contributed by atoms with Gasteiger partial charge in [-0.15, -0.1) is 0 Å². The number of hydrogen-bond donors (Lipinski definition) is 1. The first-order chi connectivity index (χ1) is 10.6. The summed E-state index contributed by atoms with van der Waals surface area (Å²) in [6.45, 7) is 6.64. The normalized spacial score (nSPS) is 17.3. The van der Waals surface area contributed by atoms with Gasteiger partial charge in [-0.2, -0.15) is 0 Å². The molecule has 1 N–H and O–H groups in total. The van der Waals surface area contributed by atoms with Crippen molar-refractivity contribution in [3.8, 4) is 5.75 Å². The number of amides is 1. The first kappa shape index (κ1) is 16.8. The van der Waals surface area contributed by atoms with Gasteiger partial charge in [-0.3, -0.25) is 4.79 Å². The van der Waals surface area contributed by atoms with Gasteiger partial charge in [0.25, 0.3) is 5.91 Å². The second-order valence-corrected chi connectivity index (χ2v) is 6.24. The van der Waals surface area contributed by atoms with Crippen molar-refractivity contribution in [3.63, 3.8) is 0 Å². The summed E-state index contributed by atoms with van der Waals surface area (Å²) in [6, 6.07) is 7.85. The number of likely N-dealkylation sites (tertiary alicyclic amines) is 1. The fraction of sp³-hybridized carbons (Fsp3) is 0.611. The molecule has 1 aliphatic heterocycles. The van der Waals surface area contributed by atoms with E-state index in [9.17, 15) is 4.79 Å². The van der Waals surface area contributed by atoms with Gasteiger partial charge in [0.15, 0.2) is 6.10 Å². The zero-order chi connectivity index (χ0) is 15.9. The minimum Gasteiger partial charge on any atom is -0.481 e. The monoisotopic (exact) mass is 304 g/mol. The molecule has 2 rings (SSSR count). The number of ether oxygens (including phenoxy) is 1. The Balaban J connectivity index is 1.81. The van der Waals surface area contributed by atoms with E-state index in [4.69, 9.17) is 4.74 Å². The van der Waals surface area contributed by atoms with Crippen LogP contribution in [0.1, 0.15) is 31.7 Å². The van der Waals surface area contributed by atoms with E-state index >= 15 is 0 Å². The second kappa shape index (κ2) is 8.18. The quantitative estimate of drug-likeness (QED) is 0.878. The van der Waals surface area contributed by atoms with Gasteiger partial charge in [-0.1, -0.05) is 12.1 Å². The molecule has 1 saturated heterocycles. The lowest BCUT2D eigenvalue weighted by atomic mass is 9.93. The van der Waals surface area contributed by atoms with E-state index < -0.39 is 6.10 Å². The van der Waals surface area contributed by atoms with Crippen LogP contribution < -0.4 is 10.1 Å². The highest BCUT2D eigenvalue weighted by atomic mass is 16.5. The summed E-state index contributed by atoms with van der Waals surface area (Å²) in [5, 5.41) is 3.20. The maximum Gasteiger partial charge on any atom is 0.263 e. The van der Waals surface area contributed by atoms with E-state index in [2.05, 4.69) is 5.32 Å². The van der Waals surface area contributed by atoms with Gasteiger partial charge in [0.2, 0.25) is 0 Å². The van der Waals surface area contributed by atoms with Crippen LogP contribution in [0.3, 0.4) is 0 Å². The summed E-state index contributed by atoms with van der Waals surface area (Å²) in [4.78, 5) is 14.5. The first-order valence-corrected chi connectivity index (χ1v) is 8.27. The Morgan fingerprint density at radius 3 is 2.77 bits per heavy atom. The Hall–Kier alpha value is -1.55. The third-order valence-electron chi connectivity index (χ3n) is 4.38. The maximum atomic E-state index is 12.5. The van der Waals surface area contributed by atoms with Crippen LogP contribution in [-0.2, 0) is 4.79 Å². The van der Waals surface area contributed by atoms with Gasteiger partial charge >= 0.3 is 0 Å². The number of piperidine rings is 1. The molecule has 0 aliphatic carbocycles. The molecule has 0 bridgehead atoms.